The normalized spacial score (nSPS) is 20.7. The monoisotopic (exact) mass is 387 g/mol. The van der Waals surface area contributed by atoms with Crippen LogP contribution in [-0.2, 0) is 4.79 Å². The molecule has 1 aromatic carbocycles. The number of rotatable bonds is 3. The van der Waals surface area contributed by atoms with Gasteiger partial charge >= 0.3 is 5.97 Å². The highest BCUT2D eigenvalue weighted by Gasteiger charge is 2.43. The third kappa shape index (κ3) is 3.21. The summed E-state index contributed by atoms with van der Waals surface area (Å²) in [4.78, 5) is 26.8. The topological polar surface area (TPSA) is 57.6 Å². The minimum Gasteiger partial charge on any atom is -0.480 e. The number of nitrogens with zero attached hydrogens (tertiary/aromatic N) is 1. The van der Waals surface area contributed by atoms with Crippen LogP contribution >= 0.6 is 46.3 Å². The lowest BCUT2D eigenvalue weighted by atomic mass is 10.1. The van der Waals surface area contributed by atoms with E-state index in [4.69, 9.17) is 23.2 Å². The summed E-state index contributed by atoms with van der Waals surface area (Å²) in [7, 11) is 0. The zero-order chi connectivity index (χ0) is 16.6. The molecule has 2 unspecified atom stereocenters. The molecule has 0 aliphatic carbocycles. The van der Waals surface area contributed by atoms with Crippen LogP contribution in [0.25, 0.3) is 0 Å². The molecule has 3 rings (SSSR count). The fraction of sp³-hybridized carbons (Fsp3) is 0.200. The molecule has 1 aliphatic rings. The third-order valence-electron chi connectivity index (χ3n) is 3.47. The van der Waals surface area contributed by atoms with E-state index in [-0.39, 0.29) is 16.0 Å². The molecule has 23 heavy (non-hydrogen) atoms. The van der Waals surface area contributed by atoms with E-state index in [1.807, 2.05) is 17.5 Å². The van der Waals surface area contributed by atoms with E-state index < -0.39 is 17.9 Å². The Hall–Kier alpha value is -1.21. The summed E-state index contributed by atoms with van der Waals surface area (Å²) in [5.74, 6) is -1.08. The van der Waals surface area contributed by atoms with E-state index in [1.165, 1.54) is 40.1 Å². The molecule has 2 aromatic rings. The number of hydrogen-bond acceptors (Lipinski definition) is 4. The van der Waals surface area contributed by atoms with Gasteiger partial charge in [0, 0.05) is 15.7 Å². The fourth-order valence-corrected chi connectivity index (χ4v) is 5.27. The maximum Gasteiger partial charge on any atom is 0.327 e. The molecule has 0 saturated carbocycles. The molecule has 1 N–H and O–H groups in total. The predicted octanol–water partition coefficient (Wildman–Crippen LogP) is 4.40. The van der Waals surface area contributed by atoms with Crippen LogP contribution in [0.15, 0.2) is 35.7 Å². The van der Waals surface area contributed by atoms with E-state index in [1.54, 1.807) is 6.07 Å². The first-order chi connectivity index (χ1) is 11.0. The first kappa shape index (κ1) is 16.6. The summed E-state index contributed by atoms with van der Waals surface area (Å²) in [6, 6.07) is 7.48. The summed E-state index contributed by atoms with van der Waals surface area (Å²) in [6.07, 6.45) is 0. The molecule has 1 aromatic heterocycles. The first-order valence-corrected chi connectivity index (χ1v) is 9.33. The maximum absolute atomic E-state index is 12.9. The van der Waals surface area contributed by atoms with Crippen LogP contribution in [0.2, 0.25) is 10.0 Å². The molecule has 120 valence electrons. The van der Waals surface area contributed by atoms with E-state index >= 15 is 0 Å². The number of carboxylic acid groups (broad SMARTS) is 1. The quantitative estimate of drug-likeness (QED) is 0.847. The standard InChI is InChI=1S/C15H11Cl2NO3S2/c16-8-3-4-9(10(17)6-8)13(19)18-11(15(20)21)7-23-14(18)12-2-1-5-22-12/h1-6,11,14H,7H2,(H,20,21). The van der Waals surface area contributed by atoms with Gasteiger partial charge in [0.2, 0.25) is 0 Å². The predicted molar refractivity (Wildman–Crippen MR) is 93.6 cm³/mol. The van der Waals surface area contributed by atoms with Gasteiger partial charge in [0.25, 0.3) is 5.91 Å². The Morgan fingerprint density at radius 3 is 2.65 bits per heavy atom. The molecule has 0 bridgehead atoms. The smallest absolute Gasteiger partial charge is 0.327 e. The van der Waals surface area contributed by atoms with E-state index in [9.17, 15) is 14.7 Å². The number of thioether (sulfide) groups is 1. The van der Waals surface area contributed by atoms with Crippen molar-refractivity contribution in [3.63, 3.8) is 0 Å². The van der Waals surface area contributed by atoms with Gasteiger partial charge in [-0.3, -0.25) is 4.79 Å². The van der Waals surface area contributed by atoms with Crippen molar-refractivity contribution in [2.24, 2.45) is 0 Å². The Kier molecular flexibility index (Phi) is 4.87. The number of thiophene rings is 1. The Labute approximate surface area is 151 Å². The highest BCUT2D eigenvalue weighted by atomic mass is 35.5. The van der Waals surface area contributed by atoms with Gasteiger partial charge in [-0.2, -0.15) is 0 Å². The van der Waals surface area contributed by atoms with Crippen LogP contribution in [0.5, 0.6) is 0 Å². The zero-order valence-corrected chi connectivity index (χ0v) is 14.8. The van der Waals surface area contributed by atoms with Gasteiger partial charge in [0.05, 0.1) is 10.6 Å². The summed E-state index contributed by atoms with van der Waals surface area (Å²) in [5.41, 5.74) is 0.256. The van der Waals surface area contributed by atoms with Crippen molar-refractivity contribution in [2.75, 3.05) is 5.75 Å². The molecule has 1 saturated heterocycles. The molecule has 1 aliphatic heterocycles. The number of carbonyl (C=O) groups is 2. The molecule has 0 spiro atoms. The molecule has 1 fully saturated rings. The van der Waals surface area contributed by atoms with Crippen molar-refractivity contribution in [1.29, 1.82) is 0 Å². The lowest BCUT2D eigenvalue weighted by Crippen LogP contribution is -2.42. The molecule has 4 nitrogen and oxygen atoms in total. The largest absolute Gasteiger partial charge is 0.480 e. The van der Waals surface area contributed by atoms with Gasteiger partial charge < -0.3 is 10.0 Å². The fourth-order valence-electron chi connectivity index (χ4n) is 2.40. The van der Waals surface area contributed by atoms with Gasteiger partial charge in [-0.1, -0.05) is 29.3 Å². The maximum atomic E-state index is 12.9. The summed E-state index contributed by atoms with van der Waals surface area (Å²) >= 11 is 14.9. The van der Waals surface area contributed by atoms with Crippen molar-refractivity contribution in [1.82, 2.24) is 4.90 Å². The van der Waals surface area contributed by atoms with Crippen molar-refractivity contribution >= 4 is 58.2 Å². The molecular formula is C15H11Cl2NO3S2. The van der Waals surface area contributed by atoms with Crippen molar-refractivity contribution < 1.29 is 14.7 Å². The number of hydrogen-bond donors (Lipinski definition) is 1. The Balaban J connectivity index is 2.00. The van der Waals surface area contributed by atoms with Crippen molar-refractivity contribution in [2.45, 2.75) is 11.4 Å². The van der Waals surface area contributed by atoms with Crippen LogP contribution in [0.4, 0.5) is 0 Å². The molecule has 2 atom stereocenters. The van der Waals surface area contributed by atoms with Crippen molar-refractivity contribution in [3.8, 4) is 0 Å². The number of halogens is 2. The first-order valence-electron chi connectivity index (χ1n) is 6.64. The van der Waals surface area contributed by atoms with Crippen LogP contribution in [0.3, 0.4) is 0 Å². The van der Waals surface area contributed by atoms with Crippen LogP contribution < -0.4 is 0 Å². The van der Waals surface area contributed by atoms with Gasteiger partial charge in [0.1, 0.15) is 11.4 Å². The lowest BCUT2D eigenvalue weighted by molar-refractivity contribution is -0.141. The molecule has 0 radical (unpaired) electrons. The number of carboxylic acids is 1. The lowest BCUT2D eigenvalue weighted by Gasteiger charge is -2.27. The van der Waals surface area contributed by atoms with Gasteiger partial charge in [-0.25, -0.2) is 4.79 Å². The van der Waals surface area contributed by atoms with Crippen LogP contribution in [0, 0.1) is 0 Å². The number of amides is 1. The second kappa shape index (κ2) is 6.73. The molecule has 1 amide bonds. The highest BCUT2D eigenvalue weighted by molar-refractivity contribution is 7.99. The average Bonchev–Trinajstić information content (AvgIpc) is 3.15. The zero-order valence-electron chi connectivity index (χ0n) is 11.6. The molecular weight excluding hydrogens is 377 g/mol. The second-order valence-electron chi connectivity index (χ2n) is 4.89. The van der Waals surface area contributed by atoms with Gasteiger partial charge in [0.15, 0.2) is 0 Å². The van der Waals surface area contributed by atoms with Crippen molar-refractivity contribution in [3.05, 3.63) is 56.2 Å². The summed E-state index contributed by atoms with van der Waals surface area (Å²) in [6.45, 7) is 0. The van der Waals surface area contributed by atoms with Gasteiger partial charge in [-0.15, -0.1) is 23.1 Å². The summed E-state index contributed by atoms with van der Waals surface area (Å²) in [5, 5.41) is 11.7. The van der Waals surface area contributed by atoms with Crippen LogP contribution in [-0.4, -0.2) is 33.7 Å². The Bertz CT molecular complexity index is 751. The number of aliphatic carboxylic acids is 1. The number of benzene rings is 1. The summed E-state index contributed by atoms with van der Waals surface area (Å²) < 4.78 is 0. The van der Waals surface area contributed by atoms with Gasteiger partial charge in [-0.05, 0) is 29.6 Å². The minimum atomic E-state index is -1.02. The Morgan fingerprint density at radius 1 is 1.26 bits per heavy atom. The van der Waals surface area contributed by atoms with E-state index in [0.717, 1.165) is 4.88 Å². The third-order valence-corrected chi connectivity index (χ3v) is 6.39. The number of carbonyl (C=O) groups excluding carboxylic acids is 1. The van der Waals surface area contributed by atoms with Crippen LogP contribution in [0.1, 0.15) is 20.6 Å². The SMILES string of the molecule is O=C(O)C1CSC(c2cccs2)N1C(=O)c1ccc(Cl)cc1Cl. The van der Waals surface area contributed by atoms with E-state index in [0.29, 0.717) is 10.8 Å². The second-order valence-corrected chi connectivity index (χ2v) is 7.83. The average molecular weight is 388 g/mol. The molecule has 2 heterocycles. The highest BCUT2D eigenvalue weighted by Crippen LogP contribution is 2.44. The van der Waals surface area contributed by atoms with E-state index in [2.05, 4.69) is 0 Å². The minimum absolute atomic E-state index is 0.216. The molecule has 8 heteroatoms. The Morgan fingerprint density at radius 2 is 2.04 bits per heavy atom.